The van der Waals surface area contributed by atoms with Gasteiger partial charge in [0, 0.05) is 13.2 Å². The van der Waals surface area contributed by atoms with E-state index in [1.54, 1.807) is 0 Å². The molecule has 1 aromatic rings. The molecule has 0 saturated heterocycles. The summed E-state index contributed by atoms with van der Waals surface area (Å²) in [5.41, 5.74) is -0.607. The maximum atomic E-state index is 13.6. The number of hydrogen-bond donors (Lipinski definition) is 2. The minimum atomic E-state index is -0.859. The fourth-order valence-corrected chi connectivity index (χ4v) is 1.91. The van der Waals surface area contributed by atoms with Crippen LogP contribution in [0.5, 0.6) is 0 Å². The topological polar surface area (TPSA) is 49.3 Å². The van der Waals surface area contributed by atoms with Crippen LogP contribution in [0, 0.1) is 17.0 Å². The van der Waals surface area contributed by atoms with Crippen molar-refractivity contribution in [1.82, 2.24) is 5.32 Å². The predicted octanol–water partition coefficient (Wildman–Crippen LogP) is 3.15. The number of carbonyl (C=O) groups excluding carboxylic acids is 1. The van der Waals surface area contributed by atoms with Crippen molar-refractivity contribution < 1.29 is 18.7 Å². The molecule has 0 heterocycles. The number of nitrogens with one attached hydrogen (secondary N) is 1. The maximum absolute atomic E-state index is 13.6. The zero-order valence-corrected chi connectivity index (χ0v) is 12.2. The van der Waals surface area contributed by atoms with E-state index in [9.17, 15) is 13.6 Å². The van der Waals surface area contributed by atoms with E-state index < -0.39 is 17.5 Å². The van der Waals surface area contributed by atoms with Crippen molar-refractivity contribution in [1.29, 1.82) is 0 Å². The van der Waals surface area contributed by atoms with E-state index in [1.165, 1.54) is 0 Å². The zero-order chi connectivity index (χ0) is 15.3. The van der Waals surface area contributed by atoms with E-state index in [-0.39, 0.29) is 22.6 Å². The molecule has 0 unspecified atom stereocenters. The summed E-state index contributed by atoms with van der Waals surface area (Å²) in [6, 6.07) is 1.57. The third-order valence-electron chi connectivity index (χ3n) is 2.99. The number of halogens is 3. The number of benzene rings is 1. The van der Waals surface area contributed by atoms with Crippen LogP contribution in [-0.2, 0) is 0 Å². The molecule has 0 radical (unpaired) electrons. The Balaban J connectivity index is 2.70. The van der Waals surface area contributed by atoms with E-state index in [0.717, 1.165) is 12.1 Å². The highest BCUT2D eigenvalue weighted by Gasteiger charge is 2.21. The zero-order valence-electron chi connectivity index (χ0n) is 11.5. The lowest BCUT2D eigenvalue weighted by molar-refractivity contribution is 0.0928. The van der Waals surface area contributed by atoms with Gasteiger partial charge in [-0.25, -0.2) is 8.78 Å². The number of amides is 1. The summed E-state index contributed by atoms with van der Waals surface area (Å²) in [5.74, 6) is -2.38. The van der Waals surface area contributed by atoms with Crippen molar-refractivity contribution >= 4 is 17.5 Å². The third-order valence-corrected chi connectivity index (χ3v) is 3.28. The number of rotatable bonds is 6. The van der Waals surface area contributed by atoms with Crippen molar-refractivity contribution in [2.24, 2.45) is 5.41 Å². The number of aliphatic hydroxyl groups is 1. The summed E-state index contributed by atoms with van der Waals surface area (Å²) in [4.78, 5) is 11.8. The van der Waals surface area contributed by atoms with Crippen molar-refractivity contribution in [3.05, 3.63) is 34.4 Å². The highest BCUT2D eigenvalue weighted by molar-refractivity contribution is 6.30. The van der Waals surface area contributed by atoms with Gasteiger partial charge in [-0.15, -0.1) is 0 Å². The lowest BCUT2D eigenvalue weighted by Gasteiger charge is -2.24. The Morgan fingerprint density at radius 2 is 2.00 bits per heavy atom. The van der Waals surface area contributed by atoms with E-state index in [1.807, 2.05) is 13.8 Å². The second-order valence-corrected chi connectivity index (χ2v) is 5.83. The normalized spacial score (nSPS) is 11.5. The Morgan fingerprint density at radius 3 is 2.60 bits per heavy atom. The second-order valence-electron chi connectivity index (χ2n) is 5.42. The standard InChI is InChI=1S/C14H18ClF2NO2/c1-14(2,4-3-5-19)8-18-13(20)9-6-12(17)10(15)7-11(9)16/h6-7,19H,3-5,8H2,1-2H3,(H,18,20). The fraction of sp³-hybridized carbons (Fsp3) is 0.500. The molecule has 20 heavy (non-hydrogen) atoms. The van der Waals surface area contributed by atoms with Crippen LogP contribution in [-0.4, -0.2) is 24.2 Å². The largest absolute Gasteiger partial charge is 0.396 e. The molecule has 1 amide bonds. The average Bonchev–Trinajstić information content (AvgIpc) is 2.38. The Hall–Kier alpha value is -1.20. The Kier molecular flexibility index (Phi) is 5.89. The summed E-state index contributed by atoms with van der Waals surface area (Å²) >= 11 is 5.43. The summed E-state index contributed by atoms with van der Waals surface area (Å²) in [7, 11) is 0. The van der Waals surface area contributed by atoms with Crippen molar-refractivity contribution in [3.63, 3.8) is 0 Å². The lowest BCUT2D eigenvalue weighted by Crippen LogP contribution is -2.34. The number of aliphatic hydroxyl groups excluding tert-OH is 1. The molecule has 2 N–H and O–H groups in total. The van der Waals surface area contributed by atoms with Crippen molar-refractivity contribution in [3.8, 4) is 0 Å². The van der Waals surface area contributed by atoms with Gasteiger partial charge in [-0.1, -0.05) is 25.4 Å². The summed E-state index contributed by atoms with van der Waals surface area (Å²) < 4.78 is 26.8. The first-order valence-electron chi connectivity index (χ1n) is 6.30. The monoisotopic (exact) mass is 305 g/mol. The van der Waals surface area contributed by atoms with Crippen molar-refractivity contribution in [2.45, 2.75) is 26.7 Å². The SMILES string of the molecule is CC(C)(CCCO)CNC(=O)c1cc(F)c(Cl)cc1F. The molecule has 0 atom stereocenters. The average molecular weight is 306 g/mol. The number of hydrogen-bond acceptors (Lipinski definition) is 2. The van der Waals surface area contributed by atoms with Crippen LogP contribution in [0.2, 0.25) is 5.02 Å². The van der Waals surface area contributed by atoms with Gasteiger partial charge in [0.15, 0.2) is 0 Å². The molecule has 0 aromatic heterocycles. The molecule has 0 spiro atoms. The van der Waals surface area contributed by atoms with Gasteiger partial charge in [0.2, 0.25) is 0 Å². The van der Waals surface area contributed by atoms with E-state index in [0.29, 0.717) is 19.4 Å². The molecule has 0 fully saturated rings. The van der Waals surface area contributed by atoms with Gasteiger partial charge >= 0.3 is 0 Å². The predicted molar refractivity (Wildman–Crippen MR) is 73.8 cm³/mol. The molecule has 0 saturated carbocycles. The van der Waals surface area contributed by atoms with Crippen LogP contribution >= 0.6 is 11.6 Å². The van der Waals surface area contributed by atoms with Gasteiger partial charge in [-0.05, 0) is 30.4 Å². The third kappa shape index (κ3) is 4.72. The van der Waals surface area contributed by atoms with Gasteiger partial charge in [0.1, 0.15) is 11.6 Å². The summed E-state index contributed by atoms with van der Waals surface area (Å²) in [5, 5.41) is 11.0. The van der Waals surface area contributed by atoms with Gasteiger partial charge in [0.05, 0.1) is 10.6 Å². The van der Waals surface area contributed by atoms with Crippen LogP contribution in [0.4, 0.5) is 8.78 Å². The second kappa shape index (κ2) is 6.99. The van der Waals surface area contributed by atoms with Crippen molar-refractivity contribution in [2.75, 3.05) is 13.2 Å². The minimum Gasteiger partial charge on any atom is -0.396 e. The van der Waals surface area contributed by atoms with Gasteiger partial charge in [0.25, 0.3) is 5.91 Å². The number of carbonyl (C=O) groups is 1. The molecule has 0 aliphatic carbocycles. The Labute approximate surface area is 121 Å². The maximum Gasteiger partial charge on any atom is 0.254 e. The molecule has 0 aliphatic heterocycles. The molecular weight excluding hydrogens is 288 g/mol. The fourth-order valence-electron chi connectivity index (χ4n) is 1.76. The van der Waals surface area contributed by atoms with Crippen LogP contribution in [0.15, 0.2) is 12.1 Å². The molecule has 0 bridgehead atoms. The van der Waals surface area contributed by atoms with Crippen LogP contribution in [0.25, 0.3) is 0 Å². The highest BCUT2D eigenvalue weighted by Crippen LogP contribution is 2.22. The van der Waals surface area contributed by atoms with E-state index in [2.05, 4.69) is 5.32 Å². The summed E-state index contributed by atoms with van der Waals surface area (Å²) in [6.45, 7) is 4.22. The van der Waals surface area contributed by atoms with Crippen LogP contribution in [0.3, 0.4) is 0 Å². The highest BCUT2D eigenvalue weighted by atomic mass is 35.5. The lowest BCUT2D eigenvalue weighted by atomic mass is 9.88. The molecular formula is C14H18ClF2NO2. The Morgan fingerprint density at radius 1 is 1.35 bits per heavy atom. The molecule has 1 aromatic carbocycles. The van der Waals surface area contributed by atoms with E-state index in [4.69, 9.17) is 16.7 Å². The smallest absolute Gasteiger partial charge is 0.254 e. The first kappa shape index (κ1) is 16.9. The summed E-state index contributed by atoms with van der Waals surface area (Å²) in [6.07, 6.45) is 1.33. The minimum absolute atomic E-state index is 0.0778. The van der Waals surface area contributed by atoms with Gasteiger partial charge in [-0.2, -0.15) is 0 Å². The first-order valence-corrected chi connectivity index (χ1v) is 6.68. The molecule has 3 nitrogen and oxygen atoms in total. The molecule has 1 rings (SSSR count). The molecule has 0 aliphatic rings. The van der Waals surface area contributed by atoms with Gasteiger partial charge in [-0.3, -0.25) is 4.79 Å². The van der Waals surface area contributed by atoms with E-state index >= 15 is 0 Å². The van der Waals surface area contributed by atoms with Crippen LogP contribution < -0.4 is 5.32 Å². The molecule has 6 heteroatoms. The van der Waals surface area contributed by atoms with Crippen LogP contribution in [0.1, 0.15) is 37.0 Å². The quantitative estimate of drug-likeness (QED) is 0.793. The Bertz CT molecular complexity index is 492. The first-order chi connectivity index (χ1) is 9.26. The molecule has 112 valence electrons. The van der Waals surface area contributed by atoms with Gasteiger partial charge < -0.3 is 10.4 Å².